The second-order valence-corrected chi connectivity index (χ2v) is 6.38. The molecule has 0 amide bonds. The molecule has 0 spiro atoms. The van der Waals surface area contributed by atoms with Crippen molar-refractivity contribution in [3.8, 4) is 0 Å². The molecule has 0 bridgehead atoms. The maximum atomic E-state index is 12.1. The van der Waals surface area contributed by atoms with Crippen molar-refractivity contribution in [2.45, 2.75) is 25.9 Å². The highest BCUT2D eigenvalue weighted by Gasteiger charge is 2.22. The van der Waals surface area contributed by atoms with E-state index in [9.17, 15) is 4.79 Å². The van der Waals surface area contributed by atoms with Gasteiger partial charge in [0.15, 0.2) is 6.10 Å². The van der Waals surface area contributed by atoms with Crippen molar-refractivity contribution in [2.24, 2.45) is 4.99 Å². The summed E-state index contributed by atoms with van der Waals surface area (Å²) in [6.45, 7) is 2.38. The van der Waals surface area contributed by atoms with E-state index in [1.54, 1.807) is 18.3 Å². The molecule has 0 N–H and O–H groups in total. The predicted octanol–water partition coefficient (Wildman–Crippen LogP) is 5.81. The average Bonchev–Trinajstić information content (AvgIpc) is 2.82. The molecule has 1 unspecified atom stereocenters. The summed E-state index contributed by atoms with van der Waals surface area (Å²) < 4.78 is 10.7. The number of rotatable bonds is 5. The summed E-state index contributed by atoms with van der Waals surface area (Å²) in [5.74, 6) is 0. The van der Waals surface area contributed by atoms with Crippen molar-refractivity contribution in [3.05, 3.63) is 76.3 Å². The fourth-order valence-corrected chi connectivity index (χ4v) is 2.83. The Bertz CT molecular complexity index is 830. The molecule has 0 radical (unpaired) electrons. The van der Waals surface area contributed by atoms with Crippen molar-refractivity contribution < 1.29 is 14.3 Å². The monoisotopic (exact) mass is 369 g/mol. The summed E-state index contributed by atoms with van der Waals surface area (Å²) in [5, 5.41) is 0.600. The summed E-state index contributed by atoms with van der Waals surface area (Å²) in [7, 11) is 0. The average molecular weight is 370 g/mol. The molecule has 4 nitrogen and oxygen atoms in total. The van der Waals surface area contributed by atoms with E-state index in [1.165, 1.54) is 0 Å². The van der Waals surface area contributed by atoms with Gasteiger partial charge in [-0.15, -0.1) is 0 Å². The maximum absolute atomic E-state index is 12.1. The van der Waals surface area contributed by atoms with E-state index < -0.39 is 12.3 Å². The number of unbranched alkanes of at least 4 members (excludes halogenated alkanes) is 1. The third kappa shape index (κ3) is 4.52. The maximum Gasteiger partial charge on any atom is 0.509 e. The third-order valence-corrected chi connectivity index (χ3v) is 4.25. The van der Waals surface area contributed by atoms with Crippen LogP contribution in [-0.2, 0) is 9.47 Å². The van der Waals surface area contributed by atoms with E-state index >= 15 is 0 Å². The van der Waals surface area contributed by atoms with Gasteiger partial charge in [-0.25, -0.2) is 4.79 Å². The first kappa shape index (κ1) is 18.2. The van der Waals surface area contributed by atoms with Crippen molar-refractivity contribution in [1.82, 2.24) is 0 Å². The first-order valence-corrected chi connectivity index (χ1v) is 8.99. The van der Waals surface area contributed by atoms with Gasteiger partial charge in [-0.1, -0.05) is 61.3 Å². The van der Waals surface area contributed by atoms with Crippen LogP contribution in [0.4, 0.5) is 4.79 Å². The fourth-order valence-electron chi connectivity index (χ4n) is 2.65. The van der Waals surface area contributed by atoms with Gasteiger partial charge in [0.2, 0.25) is 0 Å². The quantitative estimate of drug-likeness (QED) is 0.493. The Kier molecular flexibility index (Phi) is 6.08. The van der Waals surface area contributed by atoms with Gasteiger partial charge in [0.05, 0.1) is 12.3 Å². The molecule has 134 valence electrons. The summed E-state index contributed by atoms with van der Waals surface area (Å²) in [6.07, 6.45) is 4.03. The number of carbonyl (C=O) groups is 1. The Morgan fingerprint density at radius 1 is 1.19 bits per heavy atom. The van der Waals surface area contributed by atoms with Gasteiger partial charge < -0.3 is 9.47 Å². The molecule has 0 saturated carbocycles. The van der Waals surface area contributed by atoms with E-state index in [0.29, 0.717) is 11.6 Å². The number of hydrogen-bond acceptors (Lipinski definition) is 4. The van der Waals surface area contributed by atoms with Crippen molar-refractivity contribution in [2.75, 3.05) is 6.61 Å². The molecular formula is C21H20ClNO3. The second-order valence-electron chi connectivity index (χ2n) is 5.94. The zero-order valence-corrected chi connectivity index (χ0v) is 15.3. The van der Waals surface area contributed by atoms with Crippen molar-refractivity contribution >= 4 is 29.7 Å². The van der Waals surface area contributed by atoms with Gasteiger partial charge in [-0.2, -0.15) is 0 Å². The number of halogens is 1. The Morgan fingerprint density at radius 3 is 2.77 bits per heavy atom. The minimum atomic E-state index is -0.685. The Hall–Kier alpha value is -2.59. The second kappa shape index (κ2) is 8.68. The SMILES string of the molecule is CCCCOC(=O)OC1C=C(c2ccccc2)N=Cc2cc(Cl)ccc21. The Labute approximate surface area is 158 Å². The Morgan fingerprint density at radius 2 is 2.00 bits per heavy atom. The van der Waals surface area contributed by atoms with Crippen molar-refractivity contribution in [1.29, 1.82) is 0 Å². The van der Waals surface area contributed by atoms with Crippen LogP contribution in [0.2, 0.25) is 5.02 Å². The lowest BCUT2D eigenvalue weighted by Crippen LogP contribution is -2.13. The molecule has 1 heterocycles. The van der Waals surface area contributed by atoms with E-state index in [-0.39, 0.29) is 0 Å². The van der Waals surface area contributed by atoms with E-state index in [4.69, 9.17) is 21.1 Å². The van der Waals surface area contributed by atoms with E-state index in [1.807, 2.05) is 49.4 Å². The number of aliphatic imine (C=N–C) groups is 1. The molecular weight excluding hydrogens is 350 g/mol. The minimum Gasteiger partial charge on any atom is -0.434 e. The highest BCUT2D eigenvalue weighted by atomic mass is 35.5. The summed E-state index contributed by atoms with van der Waals surface area (Å²) >= 11 is 6.11. The van der Waals surface area contributed by atoms with Crippen LogP contribution in [0.25, 0.3) is 5.70 Å². The highest BCUT2D eigenvalue weighted by Crippen LogP contribution is 2.31. The molecule has 1 aliphatic heterocycles. The van der Waals surface area contributed by atoms with Gasteiger partial charge in [0.1, 0.15) is 0 Å². The topological polar surface area (TPSA) is 47.9 Å². The minimum absolute atomic E-state index is 0.348. The first-order chi connectivity index (χ1) is 12.7. The van der Waals surface area contributed by atoms with Crippen LogP contribution < -0.4 is 0 Å². The summed E-state index contributed by atoms with van der Waals surface area (Å²) in [4.78, 5) is 16.6. The van der Waals surface area contributed by atoms with E-state index in [2.05, 4.69) is 4.99 Å². The van der Waals surface area contributed by atoms with E-state index in [0.717, 1.165) is 35.2 Å². The highest BCUT2D eigenvalue weighted by molar-refractivity contribution is 6.30. The van der Waals surface area contributed by atoms with Crippen LogP contribution in [0.1, 0.15) is 42.6 Å². The smallest absolute Gasteiger partial charge is 0.434 e. The summed E-state index contributed by atoms with van der Waals surface area (Å²) in [6, 6.07) is 15.2. The lowest BCUT2D eigenvalue weighted by atomic mass is 10.0. The molecule has 0 aromatic heterocycles. The Balaban J connectivity index is 1.91. The molecule has 2 aromatic carbocycles. The zero-order chi connectivity index (χ0) is 18.4. The van der Waals surface area contributed by atoms with Gasteiger partial charge >= 0.3 is 6.16 Å². The molecule has 0 fully saturated rings. The van der Waals surface area contributed by atoms with Crippen LogP contribution in [0.5, 0.6) is 0 Å². The zero-order valence-electron chi connectivity index (χ0n) is 14.5. The number of hydrogen-bond donors (Lipinski definition) is 0. The lowest BCUT2D eigenvalue weighted by molar-refractivity contribution is 0.0362. The third-order valence-electron chi connectivity index (χ3n) is 4.02. The van der Waals surface area contributed by atoms with Crippen LogP contribution in [0, 0.1) is 0 Å². The van der Waals surface area contributed by atoms with Gasteiger partial charge in [-0.3, -0.25) is 4.99 Å². The van der Waals surface area contributed by atoms with Crippen LogP contribution in [0.15, 0.2) is 59.6 Å². The standard InChI is InChI=1S/C21H20ClNO3/c1-2-3-11-25-21(24)26-20-13-19(15-7-5-4-6-8-15)23-14-16-12-17(22)9-10-18(16)20/h4-10,12-14,20H,2-3,11H2,1H3. The predicted molar refractivity (Wildman–Crippen MR) is 104 cm³/mol. The number of nitrogens with zero attached hydrogens (tertiary/aromatic N) is 1. The molecule has 0 aliphatic carbocycles. The van der Waals surface area contributed by atoms with Crippen LogP contribution in [-0.4, -0.2) is 19.0 Å². The van der Waals surface area contributed by atoms with Gasteiger partial charge in [0.25, 0.3) is 0 Å². The number of carbonyl (C=O) groups excluding carboxylic acids is 1. The molecule has 1 atom stereocenters. The number of benzene rings is 2. The molecule has 2 aromatic rings. The molecule has 5 heteroatoms. The molecule has 26 heavy (non-hydrogen) atoms. The van der Waals surface area contributed by atoms with Gasteiger partial charge in [-0.05, 0) is 30.2 Å². The fraction of sp³-hybridized carbons (Fsp3) is 0.238. The molecule has 1 aliphatic rings. The largest absolute Gasteiger partial charge is 0.509 e. The normalized spacial score (nSPS) is 15.6. The molecule has 0 saturated heterocycles. The lowest BCUT2D eigenvalue weighted by Gasteiger charge is -2.16. The molecule has 3 rings (SSSR count). The van der Waals surface area contributed by atoms with Crippen molar-refractivity contribution in [3.63, 3.8) is 0 Å². The number of fused-ring (bicyclic) bond motifs is 1. The summed E-state index contributed by atoms with van der Waals surface area (Å²) in [5.41, 5.74) is 3.29. The number of ether oxygens (including phenoxy) is 2. The van der Waals surface area contributed by atoms with Crippen LogP contribution >= 0.6 is 11.6 Å². The first-order valence-electron chi connectivity index (χ1n) is 8.61. The van der Waals surface area contributed by atoms with Crippen LogP contribution in [0.3, 0.4) is 0 Å². The van der Waals surface area contributed by atoms with Gasteiger partial charge in [0, 0.05) is 22.4 Å².